The number of aromatic nitrogens is 1. The van der Waals surface area contributed by atoms with E-state index in [1.807, 2.05) is 4.90 Å². The third kappa shape index (κ3) is 4.08. The molecule has 2 heterocycles. The molecule has 0 radical (unpaired) electrons. The number of alkyl halides is 3. The monoisotopic (exact) mass is 383 g/mol. The number of hydrogen-bond donors (Lipinski definition) is 1. The van der Waals surface area contributed by atoms with Gasteiger partial charge in [-0.05, 0) is 31.5 Å². The second kappa shape index (κ2) is 7.59. The van der Waals surface area contributed by atoms with Crippen LogP contribution in [0.2, 0.25) is 0 Å². The van der Waals surface area contributed by atoms with E-state index in [0.717, 1.165) is 6.07 Å². The highest BCUT2D eigenvalue weighted by atomic mass is 19.4. The van der Waals surface area contributed by atoms with Crippen LogP contribution in [0.5, 0.6) is 0 Å². The van der Waals surface area contributed by atoms with Crippen molar-refractivity contribution in [1.29, 1.82) is 0 Å². The Hall–Kier alpha value is -2.55. The number of benzene rings is 1. The topological polar surface area (TPSA) is 67.6 Å². The number of rotatable bonds is 4. The highest BCUT2D eigenvalue weighted by Crippen LogP contribution is 2.38. The van der Waals surface area contributed by atoms with Crippen molar-refractivity contribution in [3.8, 4) is 0 Å². The molecule has 0 unspecified atom stereocenters. The molecule has 2 aromatic rings. The molecule has 1 aliphatic rings. The Morgan fingerprint density at radius 2 is 2.00 bits per heavy atom. The maximum absolute atomic E-state index is 13.6. The summed E-state index contributed by atoms with van der Waals surface area (Å²) in [5.74, 6) is -0.405. The molecule has 0 aliphatic carbocycles. The first-order valence-corrected chi connectivity index (χ1v) is 8.61. The zero-order valence-electron chi connectivity index (χ0n) is 15.0. The maximum Gasteiger partial charge on any atom is 0.418 e. The summed E-state index contributed by atoms with van der Waals surface area (Å²) in [5.41, 5.74) is -0.176. The first kappa shape index (κ1) is 19.2. The van der Waals surface area contributed by atoms with Crippen LogP contribution in [-0.4, -0.2) is 37.4 Å². The number of anilines is 2. The molecule has 1 aromatic heterocycles. The Morgan fingerprint density at radius 1 is 1.30 bits per heavy atom. The minimum atomic E-state index is -4.61. The van der Waals surface area contributed by atoms with Crippen molar-refractivity contribution in [3.63, 3.8) is 0 Å². The number of ether oxygens (including phenoxy) is 1. The third-order valence-corrected chi connectivity index (χ3v) is 4.43. The van der Waals surface area contributed by atoms with Crippen LogP contribution in [0.3, 0.4) is 0 Å². The quantitative estimate of drug-likeness (QED) is 0.873. The van der Waals surface area contributed by atoms with Crippen LogP contribution in [0.15, 0.2) is 22.7 Å². The molecule has 27 heavy (non-hydrogen) atoms. The molecule has 146 valence electrons. The van der Waals surface area contributed by atoms with E-state index in [0.29, 0.717) is 44.1 Å². The van der Waals surface area contributed by atoms with Gasteiger partial charge in [0.1, 0.15) is 11.3 Å². The zero-order chi connectivity index (χ0) is 19.6. The number of nitrogens with one attached hydrogen (secondary N) is 1. The lowest BCUT2D eigenvalue weighted by atomic mass is 10.1. The molecule has 1 fully saturated rings. The number of carbonyl (C=O) groups is 1. The normalized spacial score (nSPS) is 15.1. The molecule has 1 aromatic carbocycles. The number of halogens is 3. The summed E-state index contributed by atoms with van der Waals surface area (Å²) < 4.78 is 51.0. The largest absolute Gasteiger partial charge is 0.418 e. The summed E-state index contributed by atoms with van der Waals surface area (Å²) in [6.45, 7) is 5.30. The molecule has 1 saturated heterocycles. The lowest BCUT2D eigenvalue weighted by molar-refractivity contribution is -0.136. The van der Waals surface area contributed by atoms with Crippen molar-refractivity contribution in [1.82, 2.24) is 5.16 Å². The Labute approximate surface area is 154 Å². The second-order valence-corrected chi connectivity index (χ2v) is 6.20. The molecule has 0 spiro atoms. The van der Waals surface area contributed by atoms with Crippen molar-refractivity contribution < 1.29 is 27.2 Å². The number of amides is 1. The average Bonchev–Trinajstić information content (AvgIpc) is 3.02. The molecule has 1 N–H and O–H groups in total. The van der Waals surface area contributed by atoms with Gasteiger partial charge >= 0.3 is 6.18 Å². The van der Waals surface area contributed by atoms with Crippen LogP contribution < -0.4 is 10.2 Å². The summed E-state index contributed by atoms with van der Waals surface area (Å²) in [7, 11) is 0. The fourth-order valence-electron chi connectivity index (χ4n) is 3.03. The predicted molar refractivity (Wildman–Crippen MR) is 93.0 cm³/mol. The van der Waals surface area contributed by atoms with E-state index in [4.69, 9.17) is 9.26 Å². The SMILES string of the molecule is CCc1noc(C)c1C(=O)Nc1ccc(N2CCOCC2)cc1C(F)(F)F. The van der Waals surface area contributed by atoms with Gasteiger partial charge in [0.15, 0.2) is 0 Å². The van der Waals surface area contributed by atoms with E-state index < -0.39 is 17.6 Å². The standard InChI is InChI=1S/C18H20F3N3O3/c1-3-14-16(11(2)27-23-14)17(25)22-15-5-4-12(10-13(15)18(19,20)21)24-6-8-26-9-7-24/h4-5,10H,3,6-9H2,1-2H3,(H,22,25). The Balaban J connectivity index is 1.92. The minimum Gasteiger partial charge on any atom is -0.378 e. The third-order valence-electron chi connectivity index (χ3n) is 4.43. The Kier molecular flexibility index (Phi) is 5.41. The predicted octanol–water partition coefficient (Wildman–Crippen LogP) is 3.65. The number of carbonyl (C=O) groups excluding carboxylic acids is 1. The van der Waals surface area contributed by atoms with E-state index in [1.165, 1.54) is 6.07 Å². The summed E-state index contributed by atoms with van der Waals surface area (Å²) >= 11 is 0. The molecule has 1 amide bonds. The van der Waals surface area contributed by atoms with E-state index in [9.17, 15) is 18.0 Å². The van der Waals surface area contributed by atoms with Gasteiger partial charge in [0.25, 0.3) is 5.91 Å². The van der Waals surface area contributed by atoms with Gasteiger partial charge in [0, 0.05) is 18.8 Å². The highest BCUT2D eigenvalue weighted by molar-refractivity contribution is 6.06. The van der Waals surface area contributed by atoms with Crippen molar-refractivity contribution in [3.05, 3.63) is 40.8 Å². The molecular formula is C18H20F3N3O3. The molecule has 1 aliphatic heterocycles. The fourth-order valence-corrected chi connectivity index (χ4v) is 3.03. The van der Waals surface area contributed by atoms with Gasteiger partial charge in [0.2, 0.25) is 0 Å². The smallest absolute Gasteiger partial charge is 0.378 e. The van der Waals surface area contributed by atoms with Gasteiger partial charge < -0.3 is 19.5 Å². The maximum atomic E-state index is 13.6. The van der Waals surface area contributed by atoms with Gasteiger partial charge in [0.05, 0.1) is 30.2 Å². The zero-order valence-corrected chi connectivity index (χ0v) is 15.0. The minimum absolute atomic E-state index is 0.169. The van der Waals surface area contributed by atoms with Crippen LogP contribution in [0, 0.1) is 6.92 Å². The van der Waals surface area contributed by atoms with Crippen molar-refractivity contribution >= 4 is 17.3 Å². The number of hydrogen-bond acceptors (Lipinski definition) is 5. The van der Waals surface area contributed by atoms with Gasteiger partial charge in [-0.15, -0.1) is 0 Å². The second-order valence-electron chi connectivity index (χ2n) is 6.20. The van der Waals surface area contributed by atoms with Crippen molar-refractivity contribution in [2.45, 2.75) is 26.4 Å². The molecule has 6 nitrogen and oxygen atoms in total. The average molecular weight is 383 g/mol. The first-order chi connectivity index (χ1) is 12.8. The molecule has 3 rings (SSSR count). The Morgan fingerprint density at radius 3 is 2.63 bits per heavy atom. The van der Waals surface area contributed by atoms with E-state index in [1.54, 1.807) is 19.9 Å². The molecular weight excluding hydrogens is 363 g/mol. The van der Waals surface area contributed by atoms with Gasteiger partial charge in [-0.1, -0.05) is 12.1 Å². The van der Waals surface area contributed by atoms with Crippen LogP contribution in [0.25, 0.3) is 0 Å². The van der Waals surface area contributed by atoms with E-state index in [2.05, 4.69) is 10.5 Å². The molecule has 9 heteroatoms. The molecule has 0 atom stereocenters. The summed E-state index contributed by atoms with van der Waals surface area (Å²) in [6.07, 6.45) is -4.18. The van der Waals surface area contributed by atoms with Crippen molar-refractivity contribution in [2.24, 2.45) is 0 Å². The van der Waals surface area contributed by atoms with Gasteiger partial charge in [-0.25, -0.2) is 0 Å². The van der Waals surface area contributed by atoms with Crippen molar-refractivity contribution in [2.75, 3.05) is 36.5 Å². The summed E-state index contributed by atoms with van der Waals surface area (Å²) in [4.78, 5) is 14.4. The molecule has 0 bridgehead atoms. The lowest BCUT2D eigenvalue weighted by Gasteiger charge is -2.29. The first-order valence-electron chi connectivity index (χ1n) is 8.61. The lowest BCUT2D eigenvalue weighted by Crippen LogP contribution is -2.36. The Bertz CT molecular complexity index is 827. The van der Waals surface area contributed by atoms with E-state index >= 15 is 0 Å². The number of aryl methyl sites for hydroxylation is 2. The summed E-state index contributed by atoms with van der Waals surface area (Å²) in [6, 6.07) is 3.90. The van der Waals surface area contributed by atoms with Crippen LogP contribution in [-0.2, 0) is 17.3 Å². The van der Waals surface area contributed by atoms with Gasteiger partial charge in [-0.3, -0.25) is 4.79 Å². The summed E-state index contributed by atoms with van der Waals surface area (Å²) in [5, 5.41) is 6.13. The van der Waals surface area contributed by atoms with Crippen LogP contribution in [0.1, 0.15) is 34.3 Å². The van der Waals surface area contributed by atoms with Crippen LogP contribution in [0.4, 0.5) is 24.5 Å². The number of nitrogens with zero attached hydrogens (tertiary/aromatic N) is 2. The fraction of sp³-hybridized carbons (Fsp3) is 0.444. The molecule has 0 saturated carbocycles. The van der Waals surface area contributed by atoms with Gasteiger partial charge in [-0.2, -0.15) is 13.2 Å². The number of morpholine rings is 1. The highest BCUT2D eigenvalue weighted by Gasteiger charge is 2.35. The van der Waals surface area contributed by atoms with E-state index in [-0.39, 0.29) is 17.0 Å². The van der Waals surface area contributed by atoms with Crippen LogP contribution >= 0.6 is 0 Å².